The van der Waals surface area contributed by atoms with Crippen LogP contribution >= 0.6 is 0 Å². The van der Waals surface area contributed by atoms with Gasteiger partial charge in [-0.3, -0.25) is 4.98 Å². The van der Waals surface area contributed by atoms with Gasteiger partial charge in [-0.15, -0.1) is 0 Å². The lowest BCUT2D eigenvalue weighted by molar-refractivity contribution is 0.721. The molecule has 0 fully saturated rings. The summed E-state index contributed by atoms with van der Waals surface area (Å²) in [5.41, 5.74) is 1.89. The van der Waals surface area contributed by atoms with Crippen LogP contribution < -0.4 is 5.32 Å². The SMILES string of the molecule is CCNCc1cnc(-c2ccccn2)nc1. The largest absolute Gasteiger partial charge is 0.313 e. The van der Waals surface area contributed by atoms with E-state index in [4.69, 9.17) is 0 Å². The number of nitrogens with one attached hydrogen (secondary N) is 1. The summed E-state index contributed by atoms with van der Waals surface area (Å²) in [6.07, 6.45) is 5.41. The van der Waals surface area contributed by atoms with Crippen LogP contribution in [0.4, 0.5) is 0 Å². The Morgan fingerprint density at radius 1 is 1.12 bits per heavy atom. The lowest BCUT2D eigenvalue weighted by Gasteiger charge is -2.02. The highest BCUT2D eigenvalue weighted by Crippen LogP contribution is 2.09. The second-order valence-electron chi connectivity index (χ2n) is 3.41. The van der Waals surface area contributed by atoms with E-state index >= 15 is 0 Å². The molecule has 0 aliphatic rings. The number of pyridine rings is 1. The zero-order valence-electron chi connectivity index (χ0n) is 9.22. The van der Waals surface area contributed by atoms with Crippen LogP contribution in [0.2, 0.25) is 0 Å². The Morgan fingerprint density at radius 2 is 1.94 bits per heavy atom. The minimum absolute atomic E-state index is 0.667. The molecule has 0 aliphatic heterocycles. The van der Waals surface area contributed by atoms with Gasteiger partial charge in [-0.05, 0) is 18.7 Å². The van der Waals surface area contributed by atoms with Crippen LogP contribution in [0.1, 0.15) is 12.5 Å². The van der Waals surface area contributed by atoms with Crippen molar-refractivity contribution >= 4 is 0 Å². The minimum atomic E-state index is 0.667. The molecule has 0 radical (unpaired) electrons. The van der Waals surface area contributed by atoms with Crippen LogP contribution in [0.5, 0.6) is 0 Å². The molecule has 0 saturated heterocycles. The van der Waals surface area contributed by atoms with Crippen molar-refractivity contribution < 1.29 is 0 Å². The molecule has 82 valence electrons. The Morgan fingerprint density at radius 3 is 2.56 bits per heavy atom. The Hall–Kier alpha value is -1.81. The molecule has 2 rings (SSSR count). The lowest BCUT2D eigenvalue weighted by Crippen LogP contribution is -2.12. The molecule has 0 aromatic carbocycles. The van der Waals surface area contributed by atoms with E-state index in [-0.39, 0.29) is 0 Å². The molecule has 2 aromatic heterocycles. The summed E-state index contributed by atoms with van der Waals surface area (Å²) in [5.74, 6) is 0.667. The van der Waals surface area contributed by atoms with Crippen molar-refractivity contribution in [2.45, 2.75) is 13.5 Å². The zero-order valence-corrected chi connectivity index (χ0v) is 9.22. The fourth-order valence-electron chi connectivity index (χ4n) is 1.34. The van der Waals surface area contributed by atoms with E-state index in [1.165, 1.54) is 0 Å². The molecule has 0 spiro atoms. The summed E-state index contributed by atoms with van der Waals surface area (Å²) in [6.45, 7) is 3.82. The van der Waals surface area contributed by atoms with Crippen LogP contribution in [0.25, 0.3) is 11.5 Å². The number of nitrogens with zero attached hydrogens (tertiary/aromatic N) is 3. The monoisotopic (exact) mass is 214 g/mol. The van der Waals surface area contributed by atoms with Gasteiger partial charge in [0.25, 0.3) is 0 Å². The lowest BCUT2D eigenvalue weighted by atomic mass is 10.3. The first-order valence-corrected chi connectivity index (χ1v) is 5.33. The Bertz CT molecular complexity index is 425. The fraction of sp³-hybridized carbons (Fsp3) is 0.250. The smallest absolute Gasteiger partial charge is 0.178 e. The quantitative estimate of drug-likeness (QED) is 0.840. The van der Waals surface area contributed by atoms with Crippen LogP contribution in [0, 0.1) is 0 Å². The molecule has 0 amide bonds. The Kier molecular flexibility index (Phi) is 3.56. The molecule has 0 bridgehead atoms. The van der Waals surface area contributed by atoms with Gasteiger partial charge in [-0.2, -0.15) is 0 Å². The average Bonchev–Trinajstić information content (AvgIpc) is 2.38. The highest BCUT2D eigenvalue weighted by molar-refractivity contribution is 5.47. The molecule has 2 heterocycles. The summed E-state index contributed by atoms with van der Waals surface area (Å²) < 4.78 is 0. The maximum atomic E-state index is 4.29. The van der Waals surface area contributed by atoms with Crippen molar-refractivity contribution in [3.8, 4) is 11.5 Å². The first-order valence-electron chi connectivity index (χ1n) is 5.33. The summed E-state index contributed by atoms with van der Waals surface area (Å²) >= 11 is 0. The number of rotatable bonds is 4. The molecule has 1 N–H and O–H groups in total. The molecule has 0 saturated carbocycles. The highest BCUT2D eigenvalue weighted by atomic mass is 14.9. The highest BCUT2D eigenvalue weighted by Gasteiger charge is 2.01. The number of hydrogen-bond acceptors (Lipinski definition) is 4. The van der Waals surface area contributed by atoms with Gasteiger partial charge >= 0.3 is 0 Å². The molecule has 4 nitrogen and oxygen atoms in total. The third-order valence-corrected chi connectivity index (χ3v) is 2.18. The molecule has 0 aliphatic carbocycles. The Labute approximate surface area is 94.8 Å². The first kappa shape index (κ1) is 10.7. The van der Waals surface area contributed by atoms with Crippen molar-refractivity contribution in [2.24, 2.45) is 0 Å². The van der Waals surface area contributed by atoms with E-state index in [0.717, 1.165) is 24.3 Å². The van der Waals surface area contributed by atoms with Gasteiger partial charge in [0.1, 0.15) is 5.69 Å². The molecule has 0 unspecified atom stereocenters. The summed E-state index contributed by atoms with van der Waals surface area (Å²) in [6, 6.07) is 5.71. The van der Waals surface area contributed by atoms with Crippen LogP contribution in [0.15, 0.2) is 36.8 Å². The number of aromatic nitrogens is 3. The van der Waals surface area contributed by atoms with Gasteiger partial charge in [0.05, 0.1) is 0 Å². The van der Waals surface area contributed by atoms with Gasteiger partial charge in [-0.1, -0.05) is 13.0 Å². The normalized spacial score (nSPS) is 10.3. The summed E-state index contributed by atoms with van der Waals surface area (Å²) in [7, 11) is 0. The third-order valence-electron chi connectivity index (χ3n) is 2.18. The van der Waals surface area contributed by atoms with E-state index in [9.17, 15) is 0 Å². The van der Waals surface area contributed by atoms with Crippen molar-refractivity contribution in [1.29, 1.82) is 0 Å². The topological polar surface area (TPSA) is 50.7 Å². The van der Waals surface area contributed by atoms with E-state index in [2.05, 4.69) is 27.2 Å². The molecule has 2 aromatic rings. The van der Waals surface area contributed by atoms with Gasteiger partial charge in [0.15, 0.2) is 5.82 Å². The average molecular weight is 214 g/mol. The molecule has 0 atom stereocenters. The second kappa shape index (κ2) is 5.32. The molecule has 16 heavy (non-hydrogen) atoms. The maximum absolute atomic E-state index is 4.29. The van der Waals surface area contributed by atoms with Gasteiger partial charge in [0, 0.05) is 30.7 Å². The van der Waals surface area contributed by atoms with E-state index < -0.39 is 0 Å². The molecule has 4 heteroatoms. The van der Waals surface area contributed by atoms with Crippen molar-refractivity contribution in [3.63, 3.8) is 0 Å². The van der Waals surface area contributed by atoms with Gasteiger partial charge in [0.2, 0.25) is 0 Å². The summed E-state index contributed by atoms with van der Waals surface area (Å²) in [5, 5.41) is 3.23. The maximum Gasteiger partial charge on any atom is 0.178 e. The standard InChI is InChI=1S/C12H14N4/c1-2-13-7-10-8-15-12(16-9-10)11-5-3-4-6-14-11/h3-6,8-9,13H,2,7H2,1H3. The third kappa shape index (κ3) is 2.61. The van der Waals surface area contributed by atoms with Crippen molar-refractivity contribution in [1.82, 2.24) is 20.3 Å². The van der Waals surface area contributed by atoms with Crippen LogP contribution in [-0.2, 0) is 6.54 Å². The first-order chi connectivity index (χ1) is 7.90. The predicted octanol–water partition coefficient (Wildman–Crippen LogP) is 1.65. The fourth-order valence-corrected chi connectivity index (χ4v) is 1.34. The van der Waals surface area contributed by atoms with Gasteiger partial charge < -0.3 is 5.32 Å². The minimum Gasteiger partial charge on any atom is -0.313 e. The van der Waals surface area contributed by atoms with Gasteiger partial charge in [-0.25, -0.2) is 9.97 Å². The van der Waals surface area contributed by atoms with Crippen LogP contribution in [0.3, 0.4) is 0 Å². The summed E-state index contributed by atoms with van der Waals surface area (Å²) in [4.78, 5) is 12.8. The van der Waals surface area contributed by atoms with E-state index in [1.54, 1.807) is 6.20 Å². The number of hydrogen-bond donors (Lipinski definition) is 1. The Balaban J connectivity index is 2.13. The molecular weight excluding hydrogens is 200 g/mol. The zero-order chi connectivity index (χ0) is 11.2. The molecular formula is C12H14N4. The van der Waals surface area contributed by atoms with Crippen molar-refractivity contribution in [3.05, 3.63) is 42.4 Å². The van der Waals surface area contributed by atoms with Crippen LogP contribution in [-0.4, -0.2) is 21.5 Å². The predicted molar refractivity (Wildman–Crippen MR) is 62.6 cm³/mol. The van der Waals surface area contributed by atoms with Crippen molar-refractivity contribution in [2.75, 3.05) is 6.54 Å². The van der Waals surface area contributed by atoms with E-state index in [1.807, 2.05) is 30.6 Å². The second-order valence-corrected chi connectivity index (χ2v) is 3.41. The van der Waals surface area contributed by atoms with E-state index in [0.29, 0.717) is 5.82 Å².